The van der Waals surface area contributed by atoms with E-state index in [0.717, 1.165) is 84.0 Å². The van der Waals surface area contributed by atoms with Crippen molar-refractivity contribution in [1.82, 2.24) is 20.1 Å². The minimum atomic E-state index is 0.119. The van der Waals surface area contributed by atoms with E-state index in [4.69, 9.17) is 4.74 Å². The lowest BCUT2D eigenvalue weighted by molar-refractivity contribution is 0.00158. The van der Waals surface area contributed by atoms with Gasteiger partial charge in [0.05, 0.1) is 18.8 Å². The maximum absolute atomic E-state index is 12.9. The van der Waals surface area contributed by atoms with E-state index in [0.29, 0.717) is 17.6 Å². The largest absolute Gasteiger partial charge is 0.379 e. The third-order valence-corrected chi connectivity index (χ3v) is 6.54. The molecule has 3 aliphatic heterocycles. The second-order valence-corrected chi connectivity index (χ2v) is 8.13. The molecule has 3 fully saturated rings. The van der Waals surface area contributed by atoms with Crippen LogP contribution in [-0.2, 0) is 4.74 Å². The zero-order valence-corrected chi connectivity index (χ0v) is 17.0. The van der Waals surface area contributed by atoms with E-state index in [1.807, 2.05) is 24.1 Å². The molecule has 1 aromatic heterocycles. The van der Waals surface area contributed by atoms with Crippen LogP contribution in [0.1, 0.15) is 36.0 Å². The molecule has 3 saturated heterocycles. The molecular formula is C21H33N5O2. The van der Waals surface area contributed by atoms with Gasteiger partial charge in [0.15, 0.2) is 0 Å². The molecule has 1 aromatic rings. The van der Waals surface area contributed by atoms with Crippen molar-refractivity contribution in [3.63, 3.8) is 0 Å². The number of anilines is 1. The number of aromatic nitrogens is 1. The third kappa shape index (κ3) is 4.47. The molecule has 154 valence electrons. The molecule has 0 aromatic carbocycles. The molecule has 0 saturated carbocycles. The zero-order chi connectivity index (χ0) is 19.3. The van der Waals surface area contributed by atoms with Crippen molar-refractivity contribution in [3.8, 4) is 0 Å². The number of likely N-dealkylation sites (tertiary alicyclic amines) is 1. The third-order valence-electron chi connectivity index (χ3n) is 6.54. The number of rotatable bonds is 4. The lowest BCUT2D eigenvalue weighted by Crippen LogP contribution is -2.50. The van der Waals surface area contributed by atoms with Crippen molar-refractivity contribution in [3.05, 3.63) is 23.9 Å². The highest BCUT2D eigenvalue weighted by Crippen LogP contribution is 2.21. The van der Waals surface area contributed by atoms with Gasteiger partial charge in [-0.05, 0) is 44.9 Å². The van der Waals surface area contributed by atoms with Crippen LogP contribution in [0.4, 0.5) is 5.82 Å². The van der Waals surface area contributed by atoms with Gasteiger partial charge in [-0.15, -0.1) is 0 Å². The minimum Gasteiger partial charge on any atom is -0.379 e. The Morgan fingerprint density at radius 1 is 1.04 bits per heavy atom. The number of nitrogens with one attached hydrogen (secondary N) is 1. The molecule has 0 spiro atoms. The molecule has 1 N–H and O–H groups in total. The van der Waals surface area contributed by atoms with E-state index in [1.165, 1.54) is 0 Å². The quantitative estimate of drug-likeness (QED) is 0.838. The maximum Gasteiger partial charge on any atom is 0.255 e. The Labute approximate surface area is 168 Å². The summed E-state index contributed by atoms with van der Waals surface area (Å²) >= 11 is 0. The lowest BCUT2D eigenvalue weighted by atomic mass is 10.0. The number of pyridine rings is 1. The summed E-state index contributed by atoms with van der Waals surface area (Å²) in [5.74, 6) is 1.10. The summed E-state index contributed by atoms with van der Waals surface area (Å²) in [5, 5.41) is 3.35. The van der Waals surface area contributed by atoms with Crippen LogP contribution in [0.15, 0.2) is 18.3 Å². The lowest BCUT2D eigenvalue weighted by Gasteiger charge is -2.40. The van der Waals surface area contributed by atoms with Gasteiger partial charge in [-0.2, -0.15) is 0 Å². The number of piperidine rings is 2. The molecule has 0 bridgehead atoms. The van der Waals surface area contributed by atoms with E-state index in [9.17, 15) is 4.79 Å². The van der Waals surface area contributed by atoms with Crippen LogP contribution >= 0.6 is 0 Å². The molecule has 4 heterocycles. The molecule has 0 aliphatic carbocycles. The Morgan fingerprint density at radius 2 is 1.75 bits per heavy atom. The van der Waals surface area contributed by atoms with Gasteiger partial charge in [-0.1, -0.05) is 0 Å². The van der Waals surface area contributed by atoms with Crippen LogP contribution in [0.2, 0.25) is 0 Å². The fraction of sp³-hybridized carbons (Fsp3) is 0.714. The maximum atomic E-state index is 12.9. The average Bonchev–Trinajstić information content (AvgIpc) is 2.79. The zero-order valence-electron chi connectivity index (χ0n) is 17.0. The van der Waals surface area contributed by atoms with E-state index in [1.54, 1.807) is 6.20 Å². The van der Waals surface area contributed by atoms with Crippen molar-refractivity contribution in [1.29, 1.82) is 0 Å². The van der Waals surface area contributed by atoms with Crippen LogP contribution in [-0.4, -0.2) is 92.3 Å². The van der Waals surface area contributed by atoms with Crippen molar-refractivity contribution in [2.75, 3.05) is 64.4 Å². The summed E-state index contributed by atoms with van der Waals surface area (Å²) in [4.78, 5) is 24.3. The second kappa shape index (κ2) is 9.20. The molecule has 7 heteroatoms. The predicted octanol–water partition coefficient (Wildman–Crippen LogP) is 1.21. The summed E-state index contributed by atoms with van der Waals surface area (Å²) < 4.78 is 5.45. The highest BCUT2D eigenvalue weighted by atomic mass is 16.5. The molecule has 1 amide bonds. The number of hydrogen-bond acceptors (Lipinski definition) is 6. The first-order chi connectivity index (χ1) is 13.7. The van der Waals surface area contributed by atoms with Gasteiger partial charge < -0.3 is 19.9 Å². The van der Waals surface area contributed by atoms with Crippen molar-refractivity contribution < 1.29 is 9.53 Å². The Kier molecular flexibility index (Phi) is 6.44. The molecule has 0 atom stereocenters. The first-order valence-electron chi connectivity index (χ1n) is 10.7. The number of hydrogen-bond donors (Lipinski definition) is 1. The second-order valence-electron chi connectivity index (χ2n) is 8.13. The Balaban J connectivity index is 1.29. The number of amides is 1. The van der Waals surface area contributed by atoms with Gasteiger partial charge in [-0.3, -0.25) is 9.69 Å². The summed E-state index contributed by atoms with van der Waals surface area (Å²) in [6.45, 7) is 7.42. The summed E-state index contributed by atoms with van der Waals surface area (Å²) in [5.41, 5.74) is 0.707. The van der Waals surface area contributed by atoms with Crippen molar-refractivity contribution in [2.24, 2.45) is 0 Å². The van der Waals surface area contributed by atoms with Crippen LogP contribution in [0.25, 0.3) is 0 Å². The molecule has 4 rings (SSSR count). The summed E-state index contributed by atoms with van der Waals surface area (Å²) in [7, 11) is 2.03. The van der Waals surface area contributed by atoms with Gasteiger partial charge in [-0.25, -0.2) is 4.98 Å². The molecular weight excluding hydrogens is 354 g/mol. The number of morpholine rings is 1. The van der Waals surface area contributed by atoms with E-state index >= 15 is 0 Å². The molecule has 0 unspecified atom stereocenters. The SMILES string of the molecule is CNC1CCN(c2ccc(C(=O)N3CCC(N4CCOCC4)CC3)cn2)CC1. The van der Waals surface area contributed by atoms with Crippen LogP contribution < -0.4 is 10.2 Å². The van der Waals surface area contributed by atoms with Crippen LogP contribution in [0.5, 0.6) is 0 Å². The summed E-state index contributed by atoms with van der Waals surface area (Å²) in [6, 6.07) is 5.16. The number of carbonyl (C=O) groups is 1. The van der Waals surface area contributed by atoms with Gasteiger partial charge in [0.2, 0.25) is 0 Å². The van der Waals surface area contributed by atoms with Crippen molar-refractivity contribution in [2.45, 2.75) is 37.8 Å². The topological polar surface area (TPSA) is 60.9 Å². The smallest absolute Gasteiger partial charge is 0.255 e. The predicted molar refractivity (Wildman–Crippen MR) is 110 cm³/mol. The standard InChI is InChI=1S/C21H33N5O2/c1-22-18-4-8-25(9-5-18)20-3-2-17(16-23-20)21(27)26-10-6-19(7-11-26)24-12-14-28-15-13-24/h2-3,16,18-19,22H,4-15H2,1H3. The van der Waals surface area contributed by atoms with Gasteiger partial charge in [0, 0.05) is 57.5 Å². The van der Waals surface area contributed by atoms with E-state index in [-0.39, 0.29) is 5.91 Å². The van der Waals surface area contributed by atoms with Gasteiger partial charge in [0.1, 0.15) is 5.82 Å². The molecule has 28 heavy (non-hydrogen) atoms. The first kappa shape index (κ1) is 19.6. The highest BCUT2D eigenvalue weighted by molar-refractivity contribution is 5.94. The Hall–Kier alpha value is -1.70. The fourth-order valence-electron chi connectivity index (χ4n) is 4.66. The van der Waals surface area contributed by atoms with E-state index in [2.05, 4.69) is 20.1 Å². The molecule has 7 nitrogen and oxygen atoms in total. The monoisotopic (exact) mass is 387 g/mol. The number of ether oxygens (including phenoxy) is 1. The Morgan fingerprint density at radius 3 is 2.36 bits per heavy atom. The number of carbonyl (C=O) groups excluding carboxylic acids is 1. The molecule has 3 aliphatic rings. The summed E-state index contributed by atoms with van der Waals surface area (Å²) in [6.07, 6.45) is 6.14. The van der Waals surface area contributed by atoms with E-state index < -0.39 is 0 Å². The van der Waals surface area contributed by atoms with Crippen LogP contribution in [0.3, 0.4) is 0 Å². The van der Waals surface area contributed by atoms with Crippen molar-refractivity contribution >= 4 is 11.7 Å². The fourth-order valence-corrected chi connectivity index (χ4v) is 4.66. The highest BCUT2D eigenvalue weighted by Gasteiger charge is 2.28. The number of nitrogens with zero attached hydrogens (tertiary/aromatic N) is 4. The normalized spacial score (nSPS) is 23.2. The van der Waals surface area contributed by atoms with Gasteiger partial charge in [0.25, 0.3) is 5.91 Å². The first-order valence-corrected chi connectivity index (χ1v) is 10.7. The minimum absolute atomic E-state index is 0.119. The molecule has 0 radical (unpaired) electrons. The average molecular weight is 388 g/mol. The van der Waals surface area contributed by atoms with Gasteiger partial charge >= 0.3 is 0 Å². The van der Waals surface area contributed by atoms with Crippen LogP contribution in [0, 0.1) is 0 Å². The Bertz CT molecular complexity index is 631.